The zero-order valence-corrected chi connectivity index (χ0v) is 13.7. The summed E-state index contributed by atoms with van der Waals surface area (Å²) in [5, 5.41) is 13.2. The summed E-state index contributed by atoms with van der Waals surface area (Å²) in [4.78, 5) is 12.1. The van der Waals surface area contributed by atoms with Gasteiger partial charge in [0.05, 0.1) is 19.8 Å². The lowest BCUT2D eigenvalue weighted by molar-refractivity contribution is -0.122. The molecule has 6 heteroatoms. The molecule has 120 valence electrons. The highest BCUT2D eigenvalue weighted by Crippen LogP contribution is 2.21. The molecule has 1 amide bonds. The number of carbonyl (C=O) groups is 1. The minimum atomic E-state index is -0.179. The van der Waals surface area contributed by atoms with E-state index in [0.717, 1.165) is 28.8 Å². The number of carbonyl (C=O) groups excluding carboxylic acids is 1. The highest BCUT2D eigenvalue weighted by atomic mass is 32.2. The largest absolute Gasteiger partial charge is 0.497 e. The zero-order valence-electron chi connectivity index (χ0n) is 12.9. The molecular formula is C16H22N2O3S. The minimum Gasteiger partial charge on any atom is -0.497 e. The topological polar surface area (TPSA) is 63.5 Å². The Morgan fingerprint density at radius 1 is 1.45 bits per heavy atom. The van der Waals surface area contributed by atoms with Crippen LogP contribution in [-0.2, 0) is 11.3 Å². The SMILES string of the molecule is COc1ccc2c(ccn2CC(=O)N[C@H](CO)CCSC)c1. The molecule has 0 unspecified atom stereocenters. The molecule has 1 atom stereocenters. The van der Waals surface area contributed by atoms with Gasteiger partial charge in [0.25, 0.3) is 0 Å². The van der Waals surface area contributed by atoms with E-state index in [1.54, 1.807) is 18.9 Å². The van der Waals surface area contributed by atoms with Crippen LogP contribution in [0.15, 0.2) is 30.5 Å². The second-order valence-corrected chi connectivity index (χ2v) is 6.08. The summed E-state index contributed by atoms with van der Waals surface area (Å²) < 4.78 is 7.09. The smallest absolute Gasteiger partial charge is 0.240 e. The van der Waals surface area contributed by atoms with Crippen molar-refractivity contribution >= 4 is 28.6 Å². The summed E-state index contributed by atoms with van der Waals surface area (Å²) in [6.45, 7) is 0.210. The van der Waals surface area contributed by atoms with Crippen molar-refractivity contribution in [2.24, 2.45) is 0 Å². The maximum Gasteiger partial charge on any atom is 0.240 e. The first-order chi connectivity index (χ1) is 10.7. The molecule has 2 rings (SSSR count). The number of aliphatic hydroxyl groups excluding tert-OH is 1. The van der Waals surface area contributed by atoms with Gasteiger partial charge in [-0.25, -0.2) is 0 Å². The standard InChI is InChI=1S/C16H22N2O3S/c1-21-14-3-4-15-12(9-14)5-7-18(15)10-16(20)17-13(11-19)6-8-22-2/h3-5,7,9,13,19H,6,8,10-11H2,1-2H3,(H,17,20)/t13-/m0/s1. The van der Waals surface area contributed by atoms with Crippen molar-refractivity contribution in [3.05, 3.63) is 30.5 Å². The number of thioether (sulfide) groups is 1. The monoisotopic (exact) mass is 322 g/mol. The normalized spacial score (nSPS) is 12.3. The molecular weight excluding hydrogens is 300 g/mol. The van der Waals surface area contributed by atoms with Gasteiger partial charge in [-0.05, 0) is 42.7 Å². The molecule has 2 aromatic rings. The van der Waals surface area contributed by atoms with Crippen LogP contribution in [0.3, 0.4) is 0 Å². The van der Waals surface area contributed by atoms with Crippen LogP contribution < -0.4 is 10.1 Å². The molecule has 0 aliphatic rings. The van der Waals surface area contributed by atoms with Crippen molar-refractivity contribution in [3.63, 3.8) is 0 Å². The van der Waals surface area contributed by atoms with Crippen molar-refractivity contribution < 1.29 is 14.6 Å². The molecule has 0 aliphatic carbocycles. The molecule has 0 bridgehead atoms. The minimum absolute atomic E-state index is 0.0318. The number of aromatic nitrogens is 1. The fraction of sp³-hybridized carbons (Fsp3) is 0.438. The molecule has 1 heterocycles. The maximum absolute atomic E-state index is 12.1. The first-order valence-corrected chi connectivity index (χ1v) is 8.59. The van der Waals surface area contributed by atoms with E-state index in [1.807, 2.05) is 41.3 Å². The molecule has 0 aliphatic heterocycles. The van der Waals surface area contributed by atoms with Crippen LogP contribution in [0, 0.1) is 0 Å². The van der Waals surface area contributed by atoms with Crippen LogP contribution in [0.25, 0.3) is 10.9 Å². The Labute approximate surface area is 134 Å². The molecule has 5 nitrogen and oxygen atoms in total. The van der Waals surface area contributed by atoms with Crippen molar-refractivity contribution in [1.82, 2.24) is 9.88 Å². The van der Waals surface area contributed by atoms with Gasteiger partial charge in [0, 0.05) is 17.1 Å². The molecule has 1 aromatic heterocycles. The lowest BCUT2D eigenvalue weighted by Crippen LogP contribution is -2.39. The van der Waals surface area contributed by atoms with E-state index in [0.29, 0.717) is 0 Å². The number of rotatable bonds is 8. The van der Waals surface area contributed by atoms with Crippen molar-refractivity contribution in [3.8, 4) is 5.75 Å². The highest BCUT2D eigenvalue weighted by molar-refractivity contribution is 7.98. The summed E-state index contributed by atoms with van der Waals surface area (Å²) in [7, 11) is 1.63. The van der Waals surface area contributed by atoms with Crippen LogP contribution >= 0.6 is 11.8 Å². The Morgan fingerprint density at radius 2 is 2.27 bits per heavy atom. The van der Waals surface area contributed by atoms with Gasteiger partial charge in [-0.2, -0.15) is 11.8 Å². The van der Waals surface area contributed by atoms with E-state index in [2.05, 4.69) is 5.32 Å². The molecule has 0 saturated carbocycles. The third kappa shape index (κ3) is 4.18. The van der Waals surface area contributed by atoms with Gasteiger partial charge in [0.15, 0.2) is 0 Å². The summed E-state index contributed by atoms with van der Waals surface area (Å²) in [6, 6.07) is 7.55. The predicted molar refractivity (Wildman–Crippen MR) is 90.5 cm³/mol. The quantitative estimate of drug-likeness (QED) is 0.779. The average Bonchev–Trinajstić information content (AvgIpc) is 2.93. The third-order valence-electron chi connectivity index (χ3n) is 3.55. The van der Waals surface area contributed by atoms with E-state index in [1.165, 1.54) is 0 Å². The van der Waals surface area contributed by atoms with E-state index >= 15 is 0 Å². The van der Waals surface area contributed by atoms with Crippen molar-refractivity contribution in [1.29, 1.82) is 0 Å². The number of hydrogen-bond donors (Lipinski definition) is 2. The van der Waals surface area contributed by atoms with Gasteiger partial charge in [-0.15, -0.1) is 0 Å². The van der Waals surface area contributed by atoms with E-state index in [9.17, 15) is 9.90 Å². The van der Waals surface area contributed by atoms with Gasteiger partial charge < -0.3 is 19.7 Å². The fourth-order valence-corrected chi connectivity index (χ4v) is 2.86. The van der Waals surface area contributed by atoms with Gasteiger partial charge in [0.1, 0.15) is 12.3 Å². The first-order valence-electron chi connectivity index (χ1n) is 7.20. The number of methoxy groups -OCH3 is 1. The molecule has 0 radical (unpaired) electrons. The Bertz CT molecular complexity index is 627. The second kappa shape index (κ2) is 8.10. The Balaban J connectivity index is 2.02. The number of aliphatic hydroxyl groups is 1. The van der Waals surface area contributed by atoms with Crippen LogP contribution in [-0.4, -0.2) is 47.3 Å². The summed E-state index contributed by atoms with van der Waals surface area (Å²) in [5.74, 6) is 1.62. The summed E-state index contributed by atoms with van der Waals surface area (Å²) in [5.41, 5.74) is 0.987. The molecule has 2 N–H and O–H groups in total. The van der Waals surface area contributed by atoms with Gasteiger partial charge in [-0.3, -0.25) is 4.79 Å². The highest BCUT2D eigenvalue weighted by Gasteiger charge is 2.12. The van der Waals surface area contributed by atoms with Gasteiger partial charge in [-0.1, -0.05) is 0 Å². The maximum atomic E-state index is 12.1. The molecule has 0 spiro atoms. The predicted octanol–water partition coefficient (Wildman–Crippen LogP) is 1.88. The molecule has 0 fully saturated rings. The summed E-state index contributed by atoms with van der Waals surface area (Å²) in [6.07, 6.45) is 4.67. The van der Waals surface area contributed by atoms with Crippen molar-refractivity contribution in [2.75, 3.05) is 25.7 Å². The van der Waals surface area contributed by atoms with E-state index in [-0.39, 0.29) is 25.1 Å². The fourth-order valence-electron chi connectivity index (χ4n) is 2.34. The number of ether oxygens (including phenoxy) is 1. The van der Waals surface area contributed by atoms with Crippen LogP contribution in [0.5, 0.6) is 5.75 Å². The molecule has 0 saturated heterocycles. The first kappa shape index (κ1) is 16.7. The van der Waals surface area contributed by atoms with Crippen molar-refractivity contribution in [2.45, 2.75) is 19.0 Å². The Morgan fingerprint density at radius 3 is 2.95 bits per heavy atom. The average molecular weight is 322 g/mol. The number of nitrogens with one attached hydrogen (secondary N) is 1. The van der Waals surface area contributed by atoms with Crippen LogP contribution in [0.2, 0.25) is 0 Å². The molecule has 1 aromatic carbocycles. The second-order valence-electron chi connectivity index (χ2n) is 5.10. The number of fused-ring (bicyclic) bond motifs is 1. The molecule has 22 heavy (non-hydrogen) atoms. The lowest BCUT2D eigenvalue weighted by atomic mass is 10.2. The number of nitrogens with zero attached hydrogens (tertiary/aromatic N) is 1. The third-order valence-corrected chi connectivity index (χ3v) is 4.19. The van der Waals surface area contributed by atoms with Crippen LogP contribution in [0.4, 0.5) is 0 Å². The number of hydrogen-bond acceptors (Lipinski definition) is 4. The van der Waals surface area contributed by atoms with E-state index < -0.39 is 0 Å². The Kier molecular flexibility index (Phi) is 6.15. The lowest BCUT2D eigenvalue weighted by Gasteiger charge is -2.16. The number of benzene rings is 1. The zero-order chi connectivity index (χ0) is 15.9. The van der Waals surface area contributed by atoms with Gasteiger partial charge >= 0.3 is 0 Å². The number of amides is 1. The van der Waals surface area contributed by atoms with Crippen LogP contribution in [0.1, 0.15) is 6.42 Å². The van der Waals surface area contributed by atoms with Gasteiger partial charge in [0.2, 0.25) is 5.91 Å². The van der Waals surface area contributed by atoms with E-state index in [4.69, 9.17) is 4.74 Å². The Hall–Kier alpha value is -1.66. The summed E-state index contributed by atoms with van der Waals surface area (Å²) >= 11 is 1.70.